The van der Waals surface area contributed by atoms with Crippen LogP contribution in [0, 0.1) is 0 Å². The van der Waals surface area contributed by atoms with Gasteiger partial charge in [-0.25, -0.2) is 0 Å². The maximum Gasteiger partial charge on any atom is 0.291 e. The molecule has 1 aliphatic heterocycles. The van der Waals surface area contributed by atoms with Crippen LogP contribution < -0.4 is 14.8 Å². The van der Waals surface area contributed by atoms with Crippen LogP contribution in [0.5, 0.6) is 11.5 Å². The summed E-state index contributed by atoms with van der Waals surface area (Å²) in [5.74, 6) is 0.882. The molecule has 0 radical (unpaired) electrons. The van der Waals surface area contributed by atoms with Gasteiger partial charge in [-0.2, -0.15) is 0 Å². The van der Waals surface area contributed by atoms with Crippen LogP contribution in [0.25, 0.3) is 0 Å². The van der Waals surface area contributed by atoms with E-state index in [1.54, 1.807) is 48.3 Å². The third kappa shape index (κ3) is 4.08. The minimum atomic E-state index is -0.418. The van der Waals surface area contributed by atoms with Gasteiger partial charge in [0.2, 0.25) is 0 Å². The van der Waals surface area contributed by atoms with E-state index in [2.05, 4.69) is 5.32 Å². The lowest BCUT2D eigenvalue weighted by atomic mass is 10.1. The second-order valence-corrected chi connectivity index (χ2v) is 6.66. The summed E-state index contributed by atoms with van der Waals surface area (Å²) in [6, 6.07) is 17.5. The van der Waals surface area contributed by atoms with Crippen LogP contribution in [0.3, 0.4) is 0 Å². The highest BCUT2D eigenvalue weighted by molar-refractivity contribution is 6.07. The van der Waals surface area contributed by atoms with Gasteiger partial charge >= 0.3 is 0 Å². The van der Waals surface area contributed by atoms with Gasteiger partial charge in [-0.3, -0.25) is 9.59 Å². The molecule has 0 fully saturated rings. The van der Waals surface area contributed by atoms with Gasteiger partial charge in [0, 0.05) is 7.05 Å². The van der Waals surface area contributed by atoms with E-state index < -0.39 is 5.91 Å². The summed E-state index contributed by atoms with van der Waals surface area (Å²) < 4.78 is 16.7. The van der Waals surface area contributed by atoms with Crippen LogP contribution in [0.2, 0.25) is 0 Å². The first-order valence-corrected chi connectivity index (χ1v) is 9.19. The van der Waals surface area contributed by atoms with Crippen molar-refractivity contribution in [1.82, 2.24) is 4.90 Å². The van der Waals surface area contributed by atoms with Crippen molar-refractivity contribution in [1.29, 1.82) is 0 Å². The van der Waals surface area contributed by atoms with Gasteiger partial charge in [0.05, 0.1) is 24.1 Å². The van der Waals surface area contributed by atoms with Crippen molar-refractivity contribution in [3.8, 4) is 11.5 Å². The van der Waals surface area contributed by atoms with Crippen molar-refractivity contribution >= 4 is 17.5 Å². The molecule has 0 aliphatic carbocycles. The molecule has 0 saturated heterocycles. The zero-order valence-electron chi connectivity index (χ0n) is 15.8. The minimum absolute atomic E-state index is 0.173. The Labute approximate surface area is 167 Å². The van der Waals surface area contributed by atoms with E-state index in [0.29, 0.717) is 35.9 Å². The Morgan fingerprint density at radius 3 is 2.59 bits per heavy atom. The number of fused-ring (bicyclic) bond motifs is 1. The van der Waals surface area contributed by atoms with Gasteiger partial charge in [0.15, 0.2) is 23.4 Å². The standard InChI is InChI=1S/C22H20N2O5/c1-24(13-15-14-28-18-9-4-5-10-19(18)29-15)22(26)16-7-2-3-8-17(16)23-21(25)20-11-6-12-27-20/h2-12,15H,13-14H2,1H3,(H,23,25). The van der Waals surface area contributed by atoms with Crippen LogP contribution in [0.1, 0.15) is 20.9 Å². The van der Waals surface area contributed by atoms with Crippen LogP contribution in [0.4, 0.5) is 5.69 Å². The molecule has 4 rings (SSSR count). The van der Waals surface area contributed by atoms with Crippen molar-refractivity contribution in [3.63, 3.8) is 0 Å². The molecule has 0 bridgehead atoms. The van der Waals surface area contributed by atoms with Crippen molar-refractivity contribution in [2.45, 2.75) is 6.10 Å². The van der Waals surface area contributed by atoms with E-state index in [1.165, 1.54) is 6.26 Å². The number of furan rings is 1. The molecule has 7 nitrogen and oxygen atoms in total. The quantitative estimate of drug-likeness (QED) is 0.719. The molecule has 1 aliphatic rings. The Morgan fingerprint density at radius 1 is 1.03 bits per heavy atom. The van der Waals surface area contributed by atoms with Gasteiger partial charge in [0.1, 0.15) is 6.61 Å². The maximum absolute atomic E-state index is 13.0. The highest BCUT2D eigenvalue weighted by Crippen LogP contribution is 2.31. The summed E-state index contributed by atoms with van der Waals surface area (Å²) in [5.41, 5.74) is 0.795. The molecular formula is C22H20N2O5. The van der Waals surface area contributed by atoms with E-state index >= 15 is 0 Å². The highest BCUT2D eigenvalue weighted by Gasteiger charge is 2.25. The van der Waals surface area contributed by atoms with Crippen molar-refractivity contribution in [3.05, 3.63) is 78.3 Å². The van der Waals surface area contributed by atoms with Crippen molar-refractivity contribution in [2.75, 3.05) is 25.5 Å². The summed E-state index contributed by atoms with van der Waals surface area (Å²) in [4.78, 5) is 26.9. The lowest BCUT2D eigenvalue weighted by Gasteiger charge is -2.29. The summed E-state index contributed by atoms with van der Waals surface area (Å²) >= 11 is 0. The lowest BCUT2D eigenvalue weighted by Crippen LogP contribution is -2.42. The number of hydrogen-bond donors (Lipinski definition) is 1. The number of hydrogen-bond acceptors (Lipinski definition) is 5. The Bertz CT molecular complexity index is 1020. The smallest absolute Gasteiger partial charge is 0.291 e. The molecule has 7 heteroatoms. The number of ether oxygens (including phenoxy) is 2. The molecule has 1 N–H and O–H groups in total. The first kappa shape index (κ1) is 18.6. The molecule has 2 amide bonds. The minimum Gasteiger partial charge on any atom is -0.486 e. The molecule has 2 heterocycles. The Kier molecular flexibility index (Phi) is 5.20. The van der Waals surface area contributed by atoms with Gasteiger partial charge in [-0.05, 0) is 36.4 Å². The van der Waals surface area contributed by atoms with Gasteiger partial charge in [0.25, 0.3) is 11.8 Å². The Morgan fingerprint density at radius 2 is 1.79 bits per heavy atom. The van der Waals surface area contributed by atoms with E-state index in [9.17, 15) is 9.59 Å². The van der Waals surface area contributed by atoms with Crippen molar-refractivity contribution < 1.29 is 23.5 Å². The number of carbonyl (C=O) groups is 2. The summed E-state index contributed by atoms with van der Waals surface area (Å²) in [7, 11) is 1.69. The number of amides is 2. The maximum atomic E-state index is 13.0. The van der Waals surface area contributed by atoms with Crippen LogP contribution in [-0.4, -0.2) is 43.0 Å². The first-order chi connectivity index (χ1) is 14.1. The predicted molar refractivity (Wildman–Crippen MR) is 106 cm³/mol. The number of benzene rings is 2. The molecule has 1 atom stereocenters. The zero-order chi connectivity index (χ0) is 20.2. The van der Waals surface area contributed by atoms with Gasteiger partial charge in [-0.15, -0.1) is 0 Å². The van der Waals surface area contributed by atoms with Crippen LogP contribution >= 0.6 is 0 Å². The number of rotatable bonds is 5. The number of nitrogens with one attached hydrogen (secondary N) is 1. The molecule has 148 valence electrons. The number of carbonyl (C=O) groups excluding carboxylic acids is 2. The molecular weight excluding hydrogens is 372 g/mol. The van der Waals surface area contributed by atoms with E-state index in [-0.39, 0.29) is 17.8 Å². The molecule has 3 aromatic rings. The second-order valence-electron chi connectivity index (χ2n) is 6.66. The molecule has 0 saturated carbocycles. The van der Waals surface area contributed by atoms with E-state index in [0.717, 1.165) is 0 Å². The SMILES string of the molecule is CN(CC1COc2ccccc2O1)C(=O)c1ccccc1NC(=O)c1ccco1. The number of likely N-dealkylation sites (N-methyl/N-ethyl adjacent to an activating group) is 1. The Hall–Kier alpha value is -3.74. The summed E-state index contributed by atoms with van der Waals surface area (Å²) in [6.45, 7) is 0.694. The largest absolute Gasteiger partial charge is 0.486 e. The summed E-state index contributed by atoms with van der Waals surface area (Å²) in [6.07, 6.45) is 1.13. The van der Waals surface area contributed by atoms with Crippen LogP contribution in [0.15, 0.2) is 71.3 Å². The molecule has 2 aromatic carbocycles. The molecule has 1 aromatic heterocycles. The fraction of sp³-hybridized carbons (Fsp3) is 0.182. The first-order valence-electron chi connectivity index (χ1n) is 9.19. The molecule has 0 spiro atoms. The number of anilines is 1. The number of nitrogens with zero attached hydrogens (tertiary/aromatic N) is 1. The second kappa shape index (κ2) is 8.10. The number of para-hydroxylation sites is 3. The monoisotopic (exact) mass is 392 g/mol. The lowest BCUT2D eigenvalue weighted by molar-refractivity contribution is 0.0521. The highest BCUT2D eigenvalue weighted by atomic mass is 16.6. The average Bonchev–Trinajstić information content (AvgIpc) is 3.29. The molecule has 29 heavy (non-hydrogen) atoms. The van der Waals surface area contributed by atoms with Gasteiger partial charge in [-0.1, -0.05) is 24.3 Å². The Balaban J connectivity index is 1.45. The third-order valence-electron chi connectivity index (χ3n) is 4.54. The predicted octanol–water partition coefficient (Wildman–Crippen LogP) is 3.44. The fourth-order valence-corrected chi connectivity index (χ4v) is 3.12. The van der Waals surface area contributed by atoms with Gasteiger partial charge < -0.3 is 24.1 Å². The fourth-order valence-electron chi connectivity index (χ4n) is 3.12. The summed E-state index contributed by atoms with van der Waals surface area (Å²) in [5, 5.41) is 2.73. The topological polar surface area (TPSA) is 81.0 Å². The van der Waals surface area contributed by atoms with E-state index in [4.69, 9.17) is 13.9 Å². The zero-order valence-corrected chi connectivity index (χ0v) is 15.8. The molecule has 1 unspecified atom stereocenters. The third-order valence-corrected chi connectivity index (χ3v) is 4.54. The van der Waals surface area contributed by atoms with Crippen LogP contribution in [-0.2, 0) is 0 Å². The van der Waals surface area contributed by atoms with E-state index in [1.807, 2.05) is 24.3 Å². The normalized spacial score (nSPS) is 14.9. The average molecular weight is 392 g/mol. The van der Waals surface area contributed by atoms with Crippen molar-refractivity contribution in [2.24, 2.45) is 0 Å².